The zero-order valence-electron chi connectivity index (χ0n) is 18.1. The van der Waals surface area contributed by atoms with E-state index in [0.29, 0.717) is 14.2 Å². The fourth-order valence-electron chi connectivity index (χ4n) is 4.23. The van der Waals surface area contributed by atoms with E-state index >= 15 is 0 Å². The van der Waals surface area contributed by atoms with Crippen molar-refractivity contribution in [2.24, 2.45) is 0 Å². The fraction of sp³-hybridized carbons (Fsp3) is 0. The monoisotopic (exact) mass is 517 g/mol. The number of thiophene rings is 1. The molecule has 0 amide bonds. The van der Waals surface area contributed by atoms with Crippen LogP contribution in [0.3, 0.4) is 0 Å². The molecule has 0 bridgehead atoms. The van der Waals surface area contributed by atoms with Crippen LogP contribution in [0.2, 0.25) is 4.34 Å². The molecule has 2 N–H and O–H groups in total. The molecule has 0 aliphatic heterocycles. The SMILES string of the molecule is O=S(Nc1ccc2[nH]c3ncc(-c4ccc(F)cc4)c(-c4ccccc4)c3c2c1)c1ccc(Cl)s1. The Morgan fingerprint density at radius 1 is 0.943 bits per heavy atom. The Labute approximate surface area is 212 Å². The average Bonchev–Trinajstić information content (AvgIpc) is 3.48. The van der Waals surface area contributed by atoms with Gasteiger partial charge in [0.1, 0.15) is 15.7 Å². The van der Waals surface area contributed by atoms with E-state index in [1.54, 1.807) is 24.3 Å². The summed E-state index contributed by atoms with van der Waals surface area (Å²) in [5.74, 6) is -0.285. The van der Waals surface area contributed by atoms with Crippen molar-refractivity contribution in [3.63, 3.8) is 0 Å². The summed E-state index contributed by atoms with van der Waals surface area (Å²) in [5.41, 5.74) is 6.17. The van der Waals surface area contributed by atoms with Gasteiger partial charge in [-0.25, -0.2) is 13.6 Å². The van der Waals surface area contributed by atoms with E-state index < -0.39 is 11.0 Å². The van der Waals surface area contributed by atoms with Gasteiger partial charge < -0.3 is 9.71 Å². The number of benzene rings is 3. The van der Waals surface area contributed by atoms with Gasteiger partial charge in [-0.3, -0.25) is 0 Å². The third-order valence-electron chi connectivity index (χ3n) is 5.78. The smallest absolute Gasteiger partial charge is 0.160 e. The molecule has 0 saturated heterocycles. The summed E-state index contributed by atoms with van der Waals surface area (Å²) in [5, 5.41) is 1.89. The number of aromatic amines is 1. The van der Waals surface area contributed by atoms with Gasteiger partial charge >= 0.3 is 0 Å². The maximum absolute atomic E-state index is 13.7. The van der Waals surface area contributed by atoms with Gasteiger partial charge in [0.2, 0.25) is 0 Å². The summed E-state index contributed by atoms with van der Waals surface area (Å²) in [6, 6.07) is 25.8. The Morgan fingerprint density at radius 2 is 1.74 bits per heavy atom. The second-order valence-electron chi connectivity index (χ2n) is 7.96. The lowest BCUT2D eigenvalue weighted by atomic mass is 9.93. The molecule has 172 valence electrons. The van der Waals surface area contributed by atoms with E-state index in [1.807, 2.05) is 42.6 Å². The molecule has 0 aliphatic rings. The molecule has 0 spiro atoms. The van der Waals surface area contributed by atoms with Crippen LogP contribution in [-0.4, -0.2) is 14.2 Å². The van der Waals surface area contributed by atoms with Gasteiger partial charge in [0.05, 0.1) is 4.34 Å². The van der Waals surface area contributed by atoms with Crippen LogP contribution < -0.4 is 4.72 Å². The number of nitrogens with one attached hydrogen (secondary N) is 2. The molecule has 8 heteroatoms. The lowest BCUT2D eigenvalue weighted by Gasteiger charge is -2.12. The third-order valence-corrected chi connectivity index (χ3v) is 8.43. The van der Waals surface area contributed by atoms with Gasteiger partial charge in [-0.1, -0.05) is 54.1 Å². The topological polar surface area (TPSA) is 57.8 Å². The molecule has 0 radical (unpaired) electrons. The molecular weight excluding hydrogens is 501 g/mol. The summed E-state index contributed by atoms with van der Waals surface area (Å²) >= 11 is 7.29. The predicted octanol–water partition coefficient (Wildman–Crippen LogP) is 8.04. The molecule has 0 saturated carbocycles. The summed E-state index contributed by atoms with van der Waals surface area (Å²) < 4.78 is 30.8. The van der Waals surface area contributed by atoms with E-state index in [0.717, 1.165) is 44.2 Å². The molecule has 4 nitrogen and oxygen atoms in total. The first-order valence-corrected chi connectivity index (χ1v) is 13.1. The number of hydrogen-bond donors (Lipinski definition) is 2. The summed E-state index contributed by atoms with van der Waals surface area (Å²) in [6.07, 6.45) is 1.82. The highest BCUT2D eigenvalue weighted by Crippen LogP contribution is 2.41. The molecule has 6 rings (SSSR count). The molecule has 1 unspecified atom stereocenters. The molecule has 3 aromatic heterocycles. The van der Waals surface area contributed by atoms with Gasteiger partial charge in [0, 0.05) is 39.3 Å². The number of hydrogen-bond acceptors (Lipinski definition) is 3. The van der Waals surface area contributed by atoms with Crippen LogP contribution in [0, 0.1) is 5.82 Å². The maximum atomic E-state index is 13.7. The minimum Gasteiger partial charge on any atom is -0.339 e. The van der Waals surface area contributed by atoms with Gasteiger partial charge in [-0.05, 0) is 53.6 Å². The molecule has 0 fully saturated rings. The lowest BCUT2D eigenvalue weighted by molar-refractivity contribution is 0.628. The van der Waals surface area contributed by atoms with E-state index in [1.165, 1.54) is 23.5 Å². The van der Waals surface area contributed by atoms with Crippen molar-refractivity contribution in [3.05, 3.63) is 101 Å². The normalized spacial score (nSPS) is 12.3. The van der Waals surface area contributed by atoms with Crippen molar-refractivity contribution < 1.29 is 8.60 Å². The van der Waals surface area contributed by atoms with Crippen LogP contribution >= 0.6 is 22.9 Å². The average molecular weight is 518 g/mol. The molecule has 3 aromatic carbocycles. The van der Waals surface area contributed by atoms with Crippen molar-refractivity contribution in [1.82, 2.24) is 9.97 Å². The zero-order chi connectivity index (χ0) is 23.9. The molecule has 0 aliphatic carbocycles. The van der Waals surface area contributed by atoms with Crippen LogP contribution in [0.5, 0.6) is 0 Å². The zero-order valence-corrected chi connectivity index (χ0v) is 20.5. The maximum Gasteiger partial charge on any atom is 0.160 e. The Bertz CT molecular complexity index is 1710. The molecule has 6 aromatic rings. The lowest BCUT2D eigenvalue weighted by Crippen LogP contribution is -2.02. The fourth-order valence-corrected chi connectivity index (χ4v) is 6.47. The first kappa shape index (κ1) is 22.0. The molecule has 35 heavy (non-hydrogen) atoms. The molecule has 1 atom stereocenters. The third kappa shape index (κ3) is 4.12. The van der Waals surface area contributed by atoms with Crippen LogP contribution in [0.25, 0.3) is 44.2 Å². The first-order chi connectivity index (χ1) is 17.1. The summed E-state index contributed by atoms with van der Waals surface area (Å²) in [7, 11) is -1.43. The summed E-state index contributed by atoms with van der Waals surface area (Å²) in [6.45, 7) is 0. The van der Waals surface area contributed by atoms with Crippen LogP contribution in [-0.2, 0) is 11.0 Å². The van der Waals surface area contributed by atoms with Crippen LogP contribution in [0.4, 0.5) is 10.1 Å². The predicted molar refractivity (Wildman–Crippen MR) is 144 cm³/mol. The van der Waals surface area contributed by atoms with Crippen molar-refractivity contribution >= 4 is 61.5 Å². The van der Waals surface area contributed by atoms with E-state index in [4.69, 9.17) is 16.6 Å². The number of pyridine rings is 1. The summed E-state index contributed by atoms with van der Waals surface area (Å²) in [4.78, 5) is 8.10. The van der Waals surface area contributed by atoms with E-state index in [9.17, 15) is 8.60 Å². The second kappa shape index (κ2) is 8.92. The Hall–Kier alpha value is -3.52. The number of rotatable bonds is 5. The van der Waals surface area contributed by atoms with Crippen molar-refractivity contribution in [2.45, 2.75) is 4.21 Å². The van der Waals surface area contributed by atoms with E-state index in [-0.39, 0.29) is 5.82 Å². The minimum atomic E-state index is -1.43. The number of anilines is 1. The van der Waals surface area contributed by atoms with Gasteiger partial charge in [0.15, 0.2) is 11.0 Å². The first-order valence-electron chi connectivity index (χ1n) is 10.8. The highest BCUT2D eigenvalue weighted by atomic mass is 35.5. The molecular formula is C27H17ClFN3OS2. The quantitative estimate of drug-likeness (QED) is 0.243. The van der Waals surface area contributed by atoms with Crippen LogP contribution in [0.1, 0.15) is 0 Å². The van der Waals surface area contributed by atoms with Gasteiger partial charge in [0.25, 0.3) is 0 Å². The minimum absolute atomic E-state index is 0.285. The number of H-pyrrole nitrogens is 1. The number of halogens is 2. The molecule has 3 heterocycles. The number of aromatic nitrogens is 2. The number of nitrogens with zero attached hydrogens (tertiary/aromatic N) is 1. The van der Waals surface area contributed by atoms with Crippen molar-refractivity contribution in [3.8, 4) is 22.3 Å². The van der Waals surface area contributed by atoms with Crippen molar-refractivity contribution in [1.29, 1.82) is 0 Å². The Balaban J connectivity index is 1.56. The van der Waals surface area contributed by atoms with Gasteiger partial charge in [-0.2, -0.15) is 0 Å². The van der Waals surface area contributed by atoms with Crippen molar-refractivity contribution in [2.75, 3.05) is 4.72 Å². The number of fused-ring (bicyclic) bond motifs is 3. The largest absolute Gasteiger partial charge is 0.339 e. The standard InChI is InChI=1S/C27H17ClFN3OS2/c28-23-12-13-24(34-23)35(33)32-19-10-11-22-20(14-19)26-25(17-4-2-1-3-5-17)21(15-30-27(26)31-22)16-6-8-18(29)9-7-16/h1-15,32H,(H,30,31). The Kier molecular flexibility index (Phi) is 5.60. The van der Waals surface area contributed by atoms with Crippen LogP contribution in [0.15, 0.2) is 95.3 Å². The Morgan fingerprint density at radius 3 is 2.49 bits per heavy atom. The second-order valence-corrected chi connectivity index (χ2v) is 11.1. The van der Waals surface area contributed by atoms with E-state index in [2.05, 4.69) is 21.8 Å². The highest BCUT2D eigenvalue weighted by Gasteiger charge is 2.18. The van der Waals surface area contributed by atoms with Gasteiger partial charge in [-0.15, -0.1) is 11.3 Å². The highest BCUT2D eigenvalue weighted by molar-refractivity contribution is 7.88.